The van der Waals surface area contributed by atoms with Crippen LogP contribution in [0.5, 0.6) is 5.75 Å². The smallest absolute Gasteiger partial charge is 0.311 e. The molecule has 1 aromatic carbocycles. The minimum Gasteiger partial charge on any atom is -0.420 e. The van der Waals surface area contributed by atoms with Gasteiger partial charge in [0.1, 0.15) is 0 Å². The van der Waals surface area contributed by atoms with Crippen LogP contribution >= 0.6 is 0 Å². The Bertz CT molecular complexity index is 448. The Morgan fingerprint density at radius 1 is 1.00 bits per heavy atom. The number of hydrogen-bond acceptors (Lipinski definition) is 2. The van der Waals surface area contributed by atoms with Crippen molar-refractivity contribution in [2.24, 2.45) is 0 Å². The zero-order valence-corrected chi connectivity index (χ0v) is 11.1. The van der Waals surface area contributed by atoms with E-state index in [1.807, 2.05) is 6.92 Å². The standard InChI is InChI=1S/C14H16F4O2/c1-2-3-4-5-6-7-11(19)20-14-12(17)9(15)8-10(16)13(14)18/h8H,2-7H2,1H3. The summed E-state index contributed by atoms with van der Waals surface area (Å²) in [4.78, 5) is 11.4. The van der Waals surface area contributed by atoms with Gasteiger partial charge in [0.2, 0.25) is 17.4 Å². The maximum Gasteiger partial charge on any atom is 0.311 e. The molecule has 0 bridgehead atoms. The largest absolute Gasteiger partial charge is 0.420 e. The molecular weight excluding hydrogens is 276 g/mol. The van der Waals surface area contributed by atoms with E-state index in [0.29, 0.717) is 6.42 Å². The van der Waals surface area contributed by atoms with E-state index in [1.165, 1.54) is 0 Å². The van der Waals surface area contributed by atoms with Crippen LogP contribution in [-0.4, -0.2) is 5.97 Å². The van der Waals surface area contributed by atoms with Crippen LogP contribution in [0.4, 0.5) is 17.6 Å². The Labute approximate surface area is 114 Å². The van der Waals surface area contributed by atoms with E-state index in [0.717, 1.165) is 25.7 Å². The van der Waals surface area contributed by atoms with Crippen LogP contribution in [0.15, 0.2) is 6.07 Å². The summed E-state index contributed by atoms with van der Waals surface area (Å²) in [7, 11) is 0. The van der Waals surface area contributed by atoms with Crippen LogP contribution in [0.1, 0.15) is 45.4 Å². The van der Waals surface area contributed by atoms with E-state index >= 15 is 0 Å². The maximum atomic E-state index is 13.2. The van der Waals surface area contributed by atoms with Gasteiger partial charge in [-0.25, -0.2) is 8.78 Å². The number of halogens is 4. The number of carbonyl (C=O) groups is 1. The monoisotopic (exact) mass is 292 g/mol. The van der Waals surface area contributed by atoms with Crippen molar-refractivity contribution in [3.05, 3.63) is 29.3 Å². The molecule has 0 saturated heterocycles. The minimum absolute atomic E-state index is 0.0548. The molecule has 0 heterocycles. The lowest BCUT2D eigenvalue weighted by Gasteiger charge is -2.07. The van der Waals surface area contributed by atoms with Gasteiger partial charge in [0.25, 0.3) is 0 Å². The molecule has 0 N–H and O–H groups in total. The molecule has 0 aliphatic rings. The highest BCUT2D eigenvalue weighted by Gasteiger charge is 2.22. The van der Waals surface area contributed by atoms with Crippen molar-refractivity contribution in [2.75, 3.05) is 0 Å². The van der Waals surface area contributed by atoms with Gasteiger partial charge in [-0.2, -0.15) is 8.78 Å². The third-order valence-corrected chi connectivity index (χ3v) is 2.77. The highest BCUT2D eigenvalue weighted by atomic mass is 19.2. The number of rotatable bonds is 7. The number of hydrogen-bond donors (Lipinski definition) is 0. The van der Waals surface area contributed by atoms with Crippen LogP contribution in [-0.2, 0) is 4.79 Å². The highest BCUT2D eigenvalue weighted by molar-refractivity contribution is 5.72. The molecule has 0 aliphatic carbocycles. The quantitative estimate of drug-likeness (QED) is 0.243. The molecule has 1 aromatic rings. The van der Waals surface area contributed by atoms with Crippen molar-refractivity contribution < 1.29 is 27.1 Å². The Morgan fingerprint density at radius 3 is 2.10 bits per heavy atom. The number of carbonyl (C=O) groups excluding carboxylic acids is 1. The van der Waals surface area contributed by atoms with E-state index in [9.17, 15) is 22.4 Å². The van der Waals surface area contributed by atoms with Crippen LogP contribution in [0.2, 0.25) is 0 Å². The lowest BCUT2D eigenvalue weighted by atomic mass is 10.1. The van der Waals surface area contributed by atoms with Gasteiger partial charge in [0, 0.05) is 12.5 Å². The summed E-state index contributed by atoms with van der Waals surface area (Å²) >= 11 is 0. The van der Waals surface area contributed by atoms with E-state index in [1.54, 1.807) is 0 Å². The average molecular weight is 292 g/mol. The van der Waals surface area contributed by atoms with Crippen LogP contribution in [0.25, 0.3) is 0 Å². The SMILES string of the molecule is CCCCCCCC(=O)Oc1c(F)c(F)cc(F)c1F. The fourth-order valence-electron chi connectivity index (χ4n) is 1.68. The van der Waals surface area contributed by atoms with Gasteiger partial charge in [0.15, 0.2) is 11.6 Å². The molecule has 0 saturated carbocycles. The number of esters is 1. The van der Waals surface area contributed by atoms with Gasteiger partial charge in [0.05, 0.1) is 0 Å². The number of ether oxygens (including phenoxy) is 1. The Hall–Kier alpha value is -1.59. The fourth-order valence-corrected chi connectivity index (χ4v) is 1.68. The molecule has 0 radical (unpaired) electrons. The second kappa shape index (κ2) is 7.87. The third-order valence-electron chi connectivity index (χ3n) is 2.77. The molecule has 0 fully saturated rings. The molecule has 0 aromatic heterocycles. The average Bonchev–Trinajstić information content (AvgIpc) is 2.41. The van der Waals surface area contributed by atoms with Crippen LogP contribution in [0.3, 0.4) is 0 Å². The van der Waals surface area contributed by atoms with Crippen LogP contribution < -0.4 is 4.74 Å². The molecule has 20 heavy (non-hydrogen) atoms. The van der Waals surface area contributed by atoms with Crippen molar-refractivity contribution in [3.8, 4) is 5.75 Å². The van der Waals surface area contributed by atoms with Crippen LogP contribution in [0, 0.1) is 23.3 Å². The second-order valence-corrected chi connectivity index (χ2v) is 4.44. The first-order valence-corrected chi connectivity index (χ1v) is 6.51. The van der Waals surface area contributed by atoms with Gasteiger partial charge in [-0.1, -0.05) is 32.6 Å². The van der Waals surface area contributed by atoms with Crippen molar-refractivity contribution in [1.29, 1.82) is 0 Å². The lowest BCUT2D eigenvalue weighted by Crippen LogP contribution is -2.11. The third kappa shape index (κ3) is 4.51. The fraction of sp³-hybridized carbons (Fsp3) is 0.500. The highest BCUT2D eigenvalue weighted by Crippen LogP contribution is 2.26. The van der Waals surface area contributed by atoms with Gasteiger partial charge in [-0.15, -0.1) is 0 Å². The first-order chi connectivity index (χ1) is 9.47. The molecule has 1 rings (SSSR count). The van der Waals surface area contributed by atoms with E-state index < -0.39 is 35.0 Å². The normalized spacial score (nSPS) is 10.7. The molecule has 0 atom stereocenters. The van der Waals surface area contributed by atoms with Gasteiger partial charge < -0.3 is 4.74 Å². The van der Waals surface area contributed by atoms with Gasteiger partial charge in [-0.3, -0.25) is 4.79 Å². The van der Waals surface area contributed by atoms with E-state index in [4.69, 9.17) is 0 Å². The summed E-state index contributed by atoms with van der Waals surface area (Å²) in [6, 6.07) is 0.0623. The minimum atomic E-state index is -1.71. The second-order valence-electron chi connectivity index (χ2n) is 4.44. The van der Waals surface area contributed by atoms with E-state index in [-0.39, 0.29) is 12.5 Å². The summed E-state index contributed by atoms with van der Waals surface area (Å²) in [5, 5.41) is 0. The van der Waals surface area contributed by atoms with Crippen molar-refractivity contribution >= 4 is 5.97 Å². The first kappa shape index (κ1) is 16.5. The number of unbranched alkanes of at least 4 members (excludes halogenated alkanes) is 4. The summed E-state index contributed by atoms with van der Waals surface area (Å²) in [6.07, 6.45) is 4.25. The maximum absolute atomic E-state index is 13.2. The summed E-state index contributed by atoms with van der Waals surface area (Å²) in [5.74, 6) is -8.85. The van der Waals surface area contributed by atoms with Crippen molar-refractivity contribution in [2.45, 2.75) is 45.4 Å². The number of benzene rings is 1. The summed E-state index contributed by atoms with van der Waals surface area (Å²) < 4.78 is 56.6. The van der Waals surface area contributed by atoms with Gasteiger partial charge >= 0.3 is 5.97 Å². The molecule has 0 amide bonds. The Morgan fingerprint density at radius 2 is 1.55 bits per heavy atom. The van der Waals surface area contributed by atoms with Crippen molar-refractivity contribution in [1.82, 2.24) is 0 Å². The zero-order valence-electron chi connectivity index (χ0n) is 11.1. The molecule has 6 heteroatoms. The topological polar surface area (TPSA) is 26.3 Å². The lowest BCUT2D eigenvalue weighted by molar-refractivity contribution is -0.135. The van der Waals surface area contributed by atoms with Crippen molar-refractivity contribution in [3.63, 3.8) is 0 Å². The molecule has 0 unspecified atom stereocenters. The Balaban J connectivity index is 2.58. The first-order valence-electron chi connectivity index (χ1n) is 6.51. The zero-order chi connectivity index (χ0) is 15.1. The molecule has 2 nitrogen and oxygen atoms in total. The predicted molar refractivity (Wildman–Crippen MR) is 65.3 cm³/mol. The molecule has 0 aliphatic heterocycles. The summed E-state index contributed by atoms with van der Waals surface area (Å²) in [5.41, 5.74) is 0. The van der Waals surface area contributed by atoms with Gasteiger partial charge in [-0.05, 0) is 6.42 Å². The molecule has 112 valence electrons. The molecular formula is C14H16F4O2. The summed E-state index contributed by atoms with van der Waals surface area (Å²) in [6.45, 7) is 2.04. The Kier molecular flexibility index (Phi) is 6.48. The predicted octanol–water partition coefficient (Wildman–Crippen LogP) is 4.51. The molecule has 0 spiro atoms. The van der Waals surface area contributed by atoms with E-state index in [2.05, 4.69) is 4.74 Å².